The van der Waals surface area contributed by atoms with Crippen molar-refractivity contribution < 1.29 is 9.21 Å². The van der Waals surface area contributed by atoms with Crippen LogP contribution in [0.2, 0.25) is 0 Å². The summed E-state index contributed by atoms with van der Waals surface area (Å²) in [5.41, 5.74) is 6.17. The van der Waals surface area contributed by atoms with E-state index in [-0.39, 0.29) is 17.2 Å². The molecule has 126 valence electrons. The number of nitrogens with zero attached hydrogens (tertiary/aromatic N) is 2. The van der Waals surface area contributed by atoms with Crippen LogP contribution in [0.5, 0.6) is 0 Å². The first-order chi connectivity index (χ1) is 11.4. The predicted octanol–water partition coefficient (Wildman–Crippen LogP) is 3.77. The van der Waals surface area contributed by atoms with Gasteiger partial charge >= 0.3 is 5.91 Å². The van der Waals surface area contributed by atoms with Crippen molar-refractivity contribution >= 4 is 17.8 Å². The Bertz CT molecular complexity index is 763. The summed E-state index contributed by atoms with van der Waals surface area (Å²) in [6.45, 7) is 6.80. The van der Waals surface area contributed by atoms with Gasteiger partial charge in [-0.2, -0.15) is 5.10 Å². The molecule has 24 heavy (non-hydrogen) atoms. The Labute approximate surface area is 142 Å². The minimum absolute atomic E-state index is 0.152. The average Bonchev–Trinajstić information content (AvgIpc) is 3.07. The van der Waals surface area contributed by atoms with Gasteiger partial charge in [0.1, 0.15) is 0 Å². The van der Waals surface area contributed by atoms with E-state index in [2.05, 4.69) is 55.4 Å². The summed E-state index contributed by atoms with van der Waals surface area (Å²) in [5.74, 6) is 0.372. The fourth-order valence-electron chi connectivity index (χ4n) is 3.30. The van der Waals surface area contributed by atoms with Gasteiger partial charge in [0.15, 0.2) is 5.76 Å². The molecule has 1 aliphatic heterocycles. The van der Waals surface area contributed by atoms with Crippen molar-refractivity contribution in [3.8, 4) is 0 Å². The highest BCUT2D eigenvalue weighted by molar-refractivity contribution is 5.92. The van der Waals surface area contributed by atoms with Gasteiger partial charge in [0, 0.05) is 18.3 Å². The number of amides is 1. The fraction of sp³-hybridized carbons (Fsp3) is 0.368. The van der Waals surface area contributed by atoms with Crippen LogP contribution in [0.3, 0.4) is 0 Å². The SMILES string of the molecule is CC1CC(C)(C)N(C)c2ccc(/C=N/NC(=O)c3ccco3)cc21. The van der Waals surface area contributed by atoms with E-state index in [0.29, 0.717) is 5.92 Å². The summed E-state index contributed by atoms with van der Waals surface area (Å²) < 4.78 is 5.03. The van der Waals surface area contributed by atoms with Crippen LogP contribution >= 0.6 is 0 Å². The normalized spacial score (nSPS) is 19.3. The topological polar surface area (TPSA) is 57.8 Å². The molecule has 2 heterocycles. The summed E-state index contributed by atoms with van der Waals surface area (Å²) in [6.07, 6.45) is 4.22. The molecule has 1 unspecified atom stereocenters. The molecule has 5 heteroatoms. The van der Waals surface area contributed by atoms with Crippen molar-refractivity contribution in [1.82, 2.24) is 5.43 Å². The molecule has 0 radical (unpaired) electrons. The van der Waals surface area contributed by atoms with Gasteiger partial charge in [-0.25, -0.2) is 5.43 Å². The van der Waals surface area contributed by atoms with E-state index >= 15 is 0 Å². The average molecular weight is 325 g/mol. The largest absolute Gasteiger partial charge is 0.459 e. The van der Waals surface area contributed by atoms with Crippen LogP contribution in [0.25, 0.3) is 0 Å². The molecule has 1 aromatic carbocycles. The van der Waals surface area contributed by atoms with Gasteiger partial charge in [-0.05, 0) is 61.6 Å². The molecule has 1 N–H and O–H groups in total. The number of rotatable bonds is 3. The second-order valence-electron chi connectivity index (χ2n) is 6.97. The van der Waals surface area contributed by atoms with Crippen molar-refractivity contribution in [1.29, 1.82) is 0 Å². The molecule has 1 aliphatic rings. The van der Waals surface area contributed by atoms with Gasteiger partial charge in [0.05, 0.1) is 12.5 Å². The maximum atomic E-state index is 11.8. The minimum Gasteiger partial charge on any atom is -0.459 e. The van der Waals surface area contributed by atoms with Gasteiger partial charge in [-0.15, -0.1) is 0 Å². The standard InChI is InChI=1S/C19H23N3O2/c1-13-11-19(2,3)22(4)16-8-7-14(10-15(13)16)12-20-21-18(23)17-6-5-9-24-17/h5-10,12-13H,11H2,1-4H3,(H,21,23)/b20-12+. The van der Waals surface area contributed by atoms with E-state index in [1.807, 2.05) is 6.07 Å². The number of fused-ring (bicyclic) bond motifs is 1. The smallest absolute Gasteiger partial charge is 0.307 e. The third-order valence-corrected chi connectivity index (χ3v) is 4.78. The molecule has 5 nitrogen and oxygen atoms in total. The summed E-state index contributed by atoms with van der Waals surface area (Å²) in [4.78, 5) is 14.1. The molecule has 0 spiro atoms. The fourth-order valence-corrected chi connectivity index (χ4v) is 3.30. The molecule has 0 saturated heterocycles. The first-order valence-electron chi connectivity index (χ1n) is 8.13. The van der Waals surface area contributed by atoms with E-state index in [9.17, 15) is 4.79 Å². The minimum atomic E-state index is -0.357. The number of hydrogen-bond acceptors (Lipinski definition) is 4. The maximum Gasteiger partial charge on any atom is 0.307 e. The van der Waals surface area contributed by atoms with Crippen LogP contribution in [0.15, 0.2) is 46.1 Å². The molecule has 0 aliphatic carbocycles. The van der Waals surface area contributed by atoms with Crippen LogP contribution in [0.4, 0.5) is 5.69 Å². The van der Waals surface area contributed by atoms with Gasteiger partial charge in [0.25, 0.3) is 0 Å². The molecular weight excluding hydrogens is 302 g/mol. The molecular formula is C19H23N3O2. The summed E-state index contributed by atoms with van der Waals surface area (Å²) >= 11 is 0. The second kappa shape index (κ2) is 6.15. The van der Waals surface area contributed by atoms with Crippen LogP contribution in [-0.2, 0) is 0 Å². The van der Waals surface area contributed by atoms with Crippen molar-refractivity contribution in [2.75, 3.05) is 11.9 Å². The molecule has 1 amide bonds. The Balaban J connectivity index is 1.76. The molecule has 0 fully saturated rings. The second-order valence-corrected chi connectivity index (χ2v) is 6.97. The Morgan fingerprint density at radius 2 is 2.21 bits per heavy atom. The summed E-state index contributed by atoms with van der Waals surface area (Å²) in [5, 5.41) is 4.02. The lowest BCUT2D eigenvalue weighted by molar-refractivity contribution is 0.0927. The monoisotopic (exact) mass is 325 g/mol. The van der Waals surface area contributed by atoms with Gasteiger partial charge in [0.2, 0.25) is 0 Å². The van der Waals surface area contributed by atoms with E-state index in [1.54, 1.807) is 18.3 Å². The first kappa shape index (κ1) is 16.3. The van der Waals surface area contributed by atoms with Gasteiger partial charge in [-0.3, -0.25) is 4.79 Å². The molecule has 1 atom stereocenters. The van der Waals surface area contributed by atoms with E-state index in [1.165, 1.54) is 17.5 Å². The van der Waals surface area contributed by atoms with E-state index < -0.39 is 0 Å². The van der Waals surface area contributed by atoms with Crippen molar-refractivity contribution in [2.24, 2.45) is 5.10 Å². The van der Waals surface area contributed by atoms with Crippen molar-refractivity contribution in [3.05, 3.63) is 53.5 Å². The van der Waals surface area contributed by atoms with Crippen LogP contribution in [0, 0.1) is 0 Å². The van der Waals surface area contributed by atoms with E-state index in [4.69, 9.17) is 4.42 Å². The number of carbonyl (C=O) groups is 1. The lowest BCUT2D eigenvalue weighted by Crippen LogP contribution is -2.45. The Hall–Kier alpha value is -2.56. The lowest BCUT2D eigenvalue weighted by atomic mass is 9.80. The molecule has 0 saturated carbocycles. The third-order valence-electron chi connectivity index (χ3n) is 4.78. The predicted molar refractivity (Wildman–Crippen MR) is 95.7 cm³/mol. The quantitative estimate of drug-likeness (QED) is 0.690. The first-order valence-corrected chi connectivity index (χ1v) is 8.13. The van der Waals surface area contributed by atoms with Crippen molar-refractivity contribution in [2.45, 2.75) is 38.6 Å². The zero-order chi connectivity index (χ0) is 17.3. The highest BCUT2D eigenvalue weighted by Gasteiger charge is 2.33. The number of benzene rings is 1. The van der Waals surface area contributed by atoms with E-state index in [0.717, 1.165) is 12.0 Å². The summed E-state index contributed by atoms with van der Waals surface area (Å²) in [6, 6.07) is 9.56. The van der Waals surface area contributed by atoms with Gasteiger partial charge < -0.3 is 9.32 Å². The van der Waals surface area contributed by atoms with Crippen LogP contribution in [0.1, 0.15) is 54.8 Å². The number of nitrogens with one attached hydrogen (secondary N) is 1. The molecule has 2 aromatic rings. The Morgan fingerprint density at radius 3 is 2.92 bits per heavy atom. The number of anilines is 1. The zero-order valence-corrected chi connectivity index (χ0v) is 14.5. The molecule has 3 rings (SSSR count). The highest BCUT2D eigenvalue weighted by Crippen LogP contribution is 2.42. The number of furan rings is 1. The summed E-state index contributed by atoms with van der Waals surface area (Å²) in [7, 11) is 2.14. The van der Waals surface area contributed by atoms with Crippen molar-refractivity contribution in [3.63, 3.8) is 0 Å². The number of hydrazone groups is 1. The van der Waals surface area contributed by atoms with Gasteiger partial charge in [-0.1, -0.05) is 13.0 Å². The zero-order valence-electron chi connectivity index (χ0n) is 14.5. The Morgan fingerprint density at radius 1 is 1.42 bits per heavy atom. The number of hydrogen-bond donors (Lipinski definition) is 1. The number of carbonyl (C=O) groups excluding carboxylic acids is 1. The lowest BCUT2D eigenvalue weighted by Gasteiger charge is -2.45. The third kappa shape index (κ3) is 3.07. The highest BCUT2D eigenvalue weighted by atomic mass is 16.3. The molecule has 0 bridgehead atoms. The van der Waals surface area contributed by atoms with Crippen LogP contribution < -0.4 is 10.3 Å². The Kier molecular flexibility index (Phi) is 4.18. The maximum absolute atomic E-state index is 11.8. The molecule has 1 aromatic heterocycles. The van der Waals surface area contributed by atoms with Crippen LogP contribution in [-0.4, -0.2) is 24.7 Å².